The maximum absolute atomic E-state index is 13.2. The van der Waals surface area contributed by atoms with E-state index in [1.54, 1.807) is 7.11 Å². The minimum absolute atomic E-state index is 0.172. The summed E-state index contributed by atoms with van der Waals surface area (Å²) in [4.78, 5) is 17.3. The van der Waals surface area contributed by atoms with Gasteiger partial charge in [0, 0.05) is 41.9 Å². The average molecular weight is 646 g/mol. The Morgan fingerprint density at radius 2 is 1.64 bits per heavy atom. The first-order valence-corrected chi connectivity index (χ1v) is 15.5. The smallest absolute Gasteiger partial charge is 0.198 e. The number of halogens is 2. The van der Waals surface area contributed by atoms with Crippen molar-refractivity contribution in [3.05, 3.63) is 112 Å². The van der Waals surface area contributed by atoms with Gasteiger partial charge < -0.3 is 19.1 Å². The second-order valence-electron chi connectivity index (χ2n) is 10.9. The van der Waals surface area contributed by atoms with E-state index in [-0.39, 0.29) is 12.4 Å². The van der Waals surface area contributed by atoms with Crippen LogP contribution in [0.3, 0.4) is 0 Å². The van der Waals surface area contributed by atoms with Crippen LogP contribution in [0.4, 0.5) is 17.1 Å². The van der Waals surface area contributed by atoms with E-state index in [9.17, 15) is 4.79 Å². The lowest BCUT2D eigenvalue weighted by Crippen LogP contribution is -2.38. The summed E-state index contributed by atoms with van der Waals surface area (Å²) >= 11 is 13.3. The molecule has 2 aliphatic rings. The van der Waals surface area contributed by atoms with E-state index < -0.39 is 6.17 Å². The number of hydrogen-bond donors (Lipinski definition) is 0. The molecule has 1 fully saturated rings. The van der Waals surface area contributed by atoms with E-state index in [2.05, 4.69) is 4.90 Å². The summed E-state index contributed by atoms with van der Waals surface area (Å²) in [6, 6.07) is 27.3. The molecule has 0 saturated carbocycles. The molecule has 0 amide bonds. The SMILES string of the molecule is COc1cc(C2N(c3ccc(C)cc3)N=C(C(C)=O)N2c2ccc(N3CCOCC3)c(Cl)c2)ccc1OCc1ccccc1Cl. The molecule has 232 valence electrons. The van der Waals surface area contributed by atoms with Crippen molar-refractivity contribution in [3.63, 3.8) is 0 Å². The Bertz CT molecular complexity index is 1720. The summed E-state index contributed by atoms with van der Waals surface area (Å²) in [7, 11) is 1.60. The van der Waals surface area contributed by atoms with Crippen molar-refractivity contribution >= 4 is 51.9 Å². The molecule has 1 atom stereocenters. The number of anilines is 3. The minimum atomic E-state index is -0.525. The lowest BCUT2D eigenvalue weighted by Gasteiger charge is -2.33. The van der Waals surface area contributed by atoms with Crippen molar-refractivity contribution in [1.29, 1.82) is 0 Å². The summed E-state index contributed by atoms with van der Waals surface area (Å²) in [6.45, 7) is 6.67. The van der Waals surface area contributed by atoms with E-state index in [0.717, 1.165) is 46.8 Å². The number of morpholine rings is 1. The number of Topliss-reactive ketones (excluding diaryl/α,β-unsaturated/α-hetero) is 1. The van der Waals surface area contributed by atoms with E-state index in [4.69, 9.17) is 42.5 Å². The summed E-state index contributed by atoms with van der Waals surface area (Å²) in [5.74, 6) is 1.24. The number of carbonyl (C=O) groups excluding carboxylic acids is 1. The minimum Gasteiger partial charge on any atom is -0.493 e. The predicted molar refractivity (Wildman–Crippen MR) is 180 cm³/mol. The largest absolute Gasteiger partial charge is 0.493 e. The third-order valence-electron chi connectivity index (χ3n) is 7.91. The van der Waals surface area contributed by atoms with E-state index in [1.807, 2.05) is 102 Å². The van der Waals surface area contributed by atoms with Gasteiger partial charge in [0.15, 0.2) is 29.3 Å². The lowest BCUT2D eigenvalue weighted by molar-refractivity contribution is -0.111. The van der Waals surface area contributed by atoms with Gasteiger partial charge in [-0.15, -0.1) is 5.10 Å². The van der Waals surface area contributed by atoms with Crippen LogP contribution < -0.4 is 24.3 Å². The van der Waals surface area contributed by atoms with Crippen LogP contribution in [0.25, 0.3) is 0 Å². The van der Waals surface area contributed by atoms with Gasteiger partial charge in [0.2, 0.25) is 0 Å². The van der Waals surface area contributed by atoms with Crippen molar-refractivity contribution < 1.29 is 19.0 Å². The van der Waals surface area contributed by atoms with Gasteiger partial charge in [0.05, 0.1) is 36.7 Å². The lowest BCUT2D eigenvalue weighted by atomic mass is 10.1. The third kappa shape index (κ3) is 6.45. The highest BCUT2D eigenvalue weighted by atomic mass is 35.5. The quantitative estimate of drug-likeness (QED) is 0.185. The number of aryl methyl sites for hydroxylation is 1. The molecular weight excluding hydrogens is 611 g/mol. The van der Waals surface area contributed by atoms with Gasteiger partial charge in [-0.3, -0.25) is 9.69 Å². The molecule has 0 N–H and O–H groups in total. The Morgan fingerprint density at radius 3 is 2.33 bits per heavy atom. The molecule has 6 rings (SSSR count). The summed E-state index contributed by atoms with van der Waals surface area (Å²) in [6.07, 6.45) is -0.525. The highest BCUT2D eigenvalue weighted by Crippen LogP contribution is 2.43. The van der Waals surface area contributed by atoms with Gasteiger partial charge in [-0.05, 0) is 55.5 Å². The number of hydrazone groups is 1. The van der Waals surface area contributed by atoms with Gasteiger partial charge in [-0.1, -0.05) is 65.2 Å². The number of hydrogen-bond acceptors (Lipinski definition) is 8. The Morgan fingerprint density at radius 1 is 0.911 bits per heavy atom. The average Bonchev–Trinajstić information content (AvgIpc) is 3.46. The Hall–Kier alpha value is -4.24. The van der Waals surface area contributed by atoms with Crippen molar-refractivity contribution in [3.8, 4) is 11.5 Å². The first-order chi connectivity index (χ1) is 21.8. The van der Waals surface area contributed by atoms with Gasteiger partial charge in [0.25, 0.3) is 0 Å². The molecule has 1 unspecified atom stereocenters. The van der Waals surface area contributed by atoms with Crippen LogP contribution in [0.15, 0.2) is 90.0 Å². The van der Waals surface area contributed by atoms with Crippen molar-refractivity contribution in [2.24, 2.45) is 5.10 Å². The zero-order valence-electron chi connectivity index (χ0n) is 25.4. The summed E-state index contributed by atoms with van der Waals surface area (Å²) in [5.41, 5.74) is 5.33. The highest BCUT2D eigenvalue weighted by Gasteiger charge is 2.40. The fourth-order valence-electron chi connectivity index (χ4n) is 5.56. The molecule has 0 aromatic heterocycles. The van der Waals surface area contributed by atoms with E-state index >= 15 is 0 Å². The fraction of sp³-hybridized carbons (Fsp3) is 0.257. The number of rotatable bonds is 9. The number of benzene rings is 4. The van der Waals surface area contributed by atoms with Crippen LogP contribution in [-0.2, 0) is 16.1 Å². The molecule has 4 aromatic rings. The molecule has 0 bridgehead atoms. The first kappa shape index (κ1) is 30.8. The third-order valence-corrected chi connectivity index (χ3v) is 8.58. The fourth-order valence-corrected chi connectivity index (χ4v) is 6.05. The summed E-state index contributed by atoms with van der Waals surface area (Å²) < 4.78 is 17.5. The summed E-state index contributed by atoms with van der Waals surface area (Å²) in [5, 5.41) is 7.96. The molecule has 2 aliphatic heterocycles. The van der Waals surface area contributed by atoms with Crippen molar-refractivity contribution in [2.45, 2.75) is 26.6 Å². The first-order valence-electron chi connectivity index (χ1n) is 14.7. The maximum Gasteiger partial charge on any atom is 0.198 e. The van der Waals surface area contributed by atoms with Gasteiger partial charge in [0.1, 0.15) is 6.61 Å². The number of ether oxygens (including phenoxy) is 3. The predicted octanol–water partition coefficient (Wildman–Crippen LogP) is 7.65. The van der Waals surface area contributed by atoms with Crippen molar-refractivity contribution in [1.82, 2.24) is 0 Å². The van der Waals surface area contributed by atoms with Crippen LogP contribution >= 0.6 is 23.2 Å². The standard InChI is InChI=1S/C35H34Cl2N4O4/c1-23-8-11-27(12-9-23)41-35(25-10-15-32(33(20-25)43-3)45-22-26-6-4-5-7-29(26)36)40(34(38-41)24(2)42)28-13-14-31(30(37)21-28)39-16-18-44-19-17-39/h4-15,20-21,35H,16-19,22H2,1-3H3. The number of methoxy groups -OCH3 is 1. The zero-order chi connectivity index (χ0) is 31.5. The number of amidine groups is 1. The molecule has 0 radical (unpaired) electrons. The van der Waals surface area contributed by atoms with Crippen molar-refractivity contribution in [2.75, 3.05) is 48.2 Å². The zero-order valence-corrected chi connectivity index (χ0v) is 26.9. The maximum atomic E-state index is 13.2. The van der Waals surface area contributed by atoms with Crippen LogP contribution in [0.5, 0.6) is 11.5 Å². The van der Waals surface area contributed by atoms with Gasteiger partial charge in [-0.25, -0.2) is 5.01 Å². The molecule has 10 heteroatoms. The topological polar surface area (TPSA) is 66.8 Å². The molecule has 2 heterocycles. The molecule has 8 nitrogen and oxygen atoms in total. The number of nitrogens with zero attached hydrogens (tertiary/aromatic N) is 4. The number of ketones is 1. The van der Waals surface area contributed by atoms with Crippen LogP contribution in [-0.4, -0.2) is 45.0 Å². The second kappa shape index (κ2) is 13.4. The number of carbonyl (C=O) groups is 1. The molecule has 45 heavy (non-hydrogen) atoms. The Balaban J connectivity index is 1.41. The van der Waals surface area contributed by atoms with Crippen LogP contribution in [0.1, 0.15) is 29.8 Å². The monoisotopic (exact) mass is 644 g/mol. The Kier molecular flexibility index (Phi) is 9.16. The van der Waals surface area contributed by atoms with Crippen LogP contribution in [0.2, 0.25) is 10.0 Å². The molecular formula is C35H34Cl2N4O4. The van der Waals surface area contributed by atoms with E-state index in [1.165, 1.54) is 6.92 Å². The van der Waals surface area contributed by atoms with Gasteiger partial charge in [-0.2, -0.15) is 0 Å². The van der Waals surface area contributed by atoms with E-state index in [0.29, 0.717) is 40.6 Å². The second-order valence-corrected chi connectivity index (χ2v) is 11.7. The molecule has 1 saturated heterocycles. The molecule has 0 aliphatic carbocycles. The highest BCUT2D eigenvalue weighted by molar-refractivity contribution is 6.44. The molecule has 0 spiro atoms. The Labute approximate surface area is 273 Å². The molecule has 4 aromatic carbocycles. The normalized spacial score (nSPS) is 16.5. The van der Waals surface area contributed by atoms with Crippen LogP contribution in [0, 0.1) is 6.92 Å². The van der Waals surface area contributed by atoms with Gasteiger partial charge >= 0.3 is 0 Å².